The van der Waals surface area contributed by atoms with Gasteiger partial charge in [-0.05, 0) is 127 Å². The average Bonchev–Trinajstić information content (AvgIpc) is 1.66. The molecule has 8 rings (SSSR count). The molecule has 1 saturated heterocycles. The normalized spacial score (nSPS) is 20.8. The lowest BCUT2D eigenvalue weighted by atomic mass is 9.62. The smallest absolute Gasteiger partial charge is 0.251 e. The zero-order valence-electron chi connectivity index (χ0n) is 49.5. The highest BCUT2D eigenvalue weighted by Crippen LogP contribution is 2.53. The van der Waals surface area contributed by atoms with Gasteiger partial charge in [0.25, 0.3) is 5.91 Å². The molecule has 0 bridgehead atoms. The number of hydrogen-bond acceptors (Lipinski definition) is 11. The van der Waals surface area contributed by atoms with E-state index >= 15 is 8.78 Å². The van der Waals surface area contributed by atoms with Crippen molar-refractivity contribution in [3.63, 3.8) is 0 Å². The van der Waals surface area contributed by atoms with E-state index in [-0.39, 0.29) is 108 Å². The van der Waals surface area contributed by atoms with Crippen molar-refractivity contribution in [3.8, 4) is 17.6 Å². The topological polar surface area (TPSA) is 212 Å². The molecule has 2 aliphatic heterocycles. The summed E-state index contributed by atoms with van der Waals surface area (Å²) in [5.74, 6) is -4.37. The number of carbonyl (C=O) groups excluding carboxylic acids is 5. The number of carbonyl (C=O) groups is 5. The van der Waals surface area contributed by atoms with Crippen LogP contribution in [0.3, 0.4) is 0 Å². The summed E-state index contributed by atoms with van der Waals surface area (Å²) in [6, 6.07) is 24.0. The maximum Gasteiger partial charge on any atom is 0.251 e. The lowest BCUT2D eigenvalue weighted by Gasteiger charge is -2.41. The van der Waals surface area contributed by atoms with Crippen molar-refractivity contribution < 1.29 is 47.0 Å². The summed E-state index contributed by atoms with van der Waals surface area (Å²) >= 11 is 12.5. The van der Waals surface area contributed by atoms with Gasteiger partial charge in [-0.2, -0.15) is 5.26 Å². The minimum atomic E-state index is -1.84. The molecule has 0 aromatic heterocycles. The van der Waals surface area contributed by atoms with Crippen LogP contribution in [0.4, 0.5) is 14.5 Å². The van der Waals surface area contributed by atoms with Gasteiger partial charge in [-0.1, -0.05) is 113 Å². The maximum atomic E-state index is 16.3. The molecule has 8 atom stereocenters. The molecule has 0 spiro atoms. The van der Waals surface area contributed by atoms with E-state index in [0.29, 0.717) is 5.75 Å². The van der Waals surface area contributed by atoms with E-state index in [0.717, 1.165) is 42.0 Å². The SMILES string of the molecule is CN[C@@H](C)C(=O)N[C@H](C(=O)N1Cc2cc(OCCOCCNC(=O)c3ccc(NC(=O)[C@@H]4N[C@@H](CC(C)(C)C)[C@](C#N)(c5ccc(Cl)cc5F)[C@H]4c4cccc(Cl)c4F)c(OC)c3)ccc2C[C@H]1C(=O)NC1CCCc2ccccc21)C(C)(C)C. The highest BCUT2D eigenvalue weighted by atomic mass is 35.5. The standard InChI is InChI=1S/C65H76Cl2F2N8O8/c1-37(71-8)58(78)76-57(64(5,6)7)62(82)77-35-41-30-43(23-20-39(41)31-51(77)60(80)73-49-19-12-15-38-14-10-11-16-44(38)49)85-29-28-84-27-26-72-59(79)40-21-25-50(52(32-40)83-9)74-61(81)56-54(45-17-13-18-47(67)55(45)69)65(36-70,53(75-56)34-63(2,3)4)46-24-22-42(66)33-48(46)68/h10-11,13-14,16-18,20-25,30,32-33,37,49,51,53-54,56-57,71,75H,12,15,19,26-29,31,34-35H2,1-9H3,(H,72,79)(H,73,80)(H,74,81)(H,76,78)/t37-,49?,51-,53-,54-,56+,57+,65-/m0/s1. The van der Waals surface area contributed by atoms with E-state index in [1.54, 1.807) is 18.9 Å². The van der Waals surface area contributed by atoms with E-state index < -0.39 is 75.8 Å². The molecular formula is C65H76Cl2F2N8O8. The molecule has 3 aliphatic rings. The Kier molecular flexibility index (Phi) is 20.3. The van der Waals surface area contributed by atoms with Gasteiger partial charge in [0.1, 0.15) is 47.2 Å². The summed E-state index contributed by atoms with van der Waals surface area (Å²) in [7, 11) is 3.05. The molecule has 1 aliphatic carbocycles. The molecule has 0 radical (unpaired) electrons. The predicted molar refractivity (Wildman–Crippen MR) is 323 cm³/mol. The summed E-state index contributed by atoms with van der Waals surface area (Å²) in [5, 5.41) is 29.3. The van der Waals surface area contributed by atoms with Crippen LogP contribution < -0.4 is 41.4 Å². The van der Waals surface area contributed by atoms with E-state index in [4.69, 9.17) is 37.4 Å². The summed E-state index contributed by atoms with van der Waals surface area (Å²) in [6.07, 6.45) is 3.18. The second kappa shape index (κ2) is 27.1. The monoisotopic (exact) mass is 1200 g/mol. The third-order valence-corrected chi connectivity index (χ3v) is 16.8. The first-order chi connectivity index (χ1) is 40.4. The van der Waals surface area contributed by atoms with Crippen LogP contribution in [0, 0.1) is 33.8 Å². The van der Waals surface area contributed by atoms with Gasteiger partial charge in [-0.15, -0.1) is 0 Å². The number of amides is 5. The third-order valence-electron chi connectivity index (χ3n) is 16.3. The molecule has 0 saturated carbocycles. The number of likely N-dealkylation sites (N-methyl/N-ethyl adjacent to an activating group) is 1. The van der Waals surface area contributed by atoms with Crippen LogP contribution in [0.15, 0.2) is 97.1 Å². The first-order valence-corrected chi connectivity index (χ1v) is 29.5. The Morgan fingerprint density at radius 2 is 1.62 bits per heavy atom. The van der Waals surface area contributed by atoms with Crippen molar-refractivity contribution in [1.29, 1.82) is 5.26 Å². The van der Waals surface area contributed by atoms with Crippen molar-refractivity contribution in [2.24, 2.45) is 10.8 Å². The minimum absolute atomic E-state index is 0.0583. The molecule has 16 nitrogen and oxygen atoms in total. The number of fused-ring (bicyclic) bond motifs is 2. The van der Waals surface area contributed by atoms with Gasteiger partial charge < -0.3 is 51.0 Å². The number of nitrogens with zero attached hydrogens (tertiary/aromatic N) is 2. The zero-order valence-corrected chi connectivity index (χ0v) is 51.0. The van der Waals surface area contributed by atoms with E-state index in [1.165, 1.54) is 61.2 Å². The second-order valence-corrected chi connectivity index (χ2v) is 25.2. The Hall–Kier alpha value is -7.14. The molecule has 85 heavy (non-hydrogen) atoms. The van der Waals surface area contributed by atoms with E-state index in [2.05, 4.69) is 44.0 Å². The number of methoxy groups -OCH3 is 1. The van der Waals surface area contributed by atoms with Crippen molar-refractivity contribution in [2.45, 2.75) is 135 Å². The number of benzene rings is 5. The zero-order chi connectivity index (χ0) is 61.5. The number of hydrogen-bond donors (Lipinski definition) is 6. The minimum Gasteiger partial charge on any atom is -0.495 e. The number of halogens is 4. The predicted octanol–water partition coefficient (Wildman–Crippen LogP) is 9.65. The van der Waals surface area contributed by atoms with Gasteiger partial charge in [0.05, 0.1) is 55.2 Å². The van der Waals surface area contributed by atoms with Gasteiger partial charge in [-0.25, -0.2) is 8.78 Å². The molecular weight excluding hydrogens is 1130 g/mol. The molecule has 1 fully saturated rings. The van der Waals surface area contributed by atoms with Gasteiger partial charge in [0.15, 0.2) is 0 Å². The van der Waals surface area contributed by atoms with Gasteiger partial charge in [0, 0.05) is 47.6 Å². The van der Waals surface area contributed by atoms with Gasteiger partial charge in [0.2, 0.25) is 23.6 Å². The van der Waals surface area contributed by atoms with Crippen LogP contribution in [0.5, 0.6) is 11.5 Å². The number of rotatable bonds is 20. The first-order valence-electron chi connectivity index (χ1n) is 28.7. The maximum absolute atomic E-state index is 16.3. The van der Waals surface area contributed by atoms with Crippen molar-refractivity contribution in [1.82, 2.24) is 31.5 Å². The summed E-state index contributed by atoms with van der Waals surface area (Å²) in [5.41, 5.74) is 1.27. The molecule has 6 N–H and O–H groups in total. The second-order valence-electron chi connectivity index (χ2n) is 24.4. The van der Waals surface area contributed by atoms with Crippen LogP contribution in [-0.2, 0) is 48.7 Å². The molecule has 5 amide bonds. The number of ether oxygens (including phenoxy) is 3. The van der Waals surface area contributed by atoms with Gasteiger partial charge in [-0.3, -0.25) is 24.0 Å². The van der Waals surface area contributed by atoms with E-state index in [9.17, 15) is 29.2 Å². The lowest BCUT2D eigenvalue weighted by Crippen LogP contribution is -2.62. The molecule has 2 heterocycles. The molecule has 5 aromatic carbocycles. The first kappa shape index (κ1) is 63.9. The fraction of sp³-hybridized carbons (Fsp3) is 0.446. The van der Waals surface area contributed by atoms with Crippen LogP contribution in [0.25, 0.3) is 0 Å². The number of anilines is 1. The Labute approximate surface area is 506 Å². The summed E-state index contributed by atoms with van der Waals surface area (Å²) in [6.45, 7) is 13.9. The van der Waals surface area contributed by atoms with E-state index in [1.807, 2.05) is 77.9 Å². The van der Waals surface area contributed by atoms with Crippen molar-refractivity contribution in [2.75, 3.05) is 45.8 Å². The third kappa shape index (κ3) is 14.4. The largest absolute Gasteiger partial charge is 0.495 e. The lowest BCUT2D eigenvalue weighted by molar-refractivity contribution is -0.147. The average molecular weight is 1210 g/mol. The summed E-state index contributed by atoms with van der Waals surface area (Å²) < 4.78 is 50.0. The Morgan fingerprint density at radius 1 is 0.871 bits per heavy atom. The van der Waals surface area contributed by atoms with Crippen molar-refractivity contribution in [3.05, 3.63) is 158 Å². The van der Waals surface area contributed by atoms with Crippen LogP contribution in [0.1, 0.15) is 123 Å². The number of nitrogens with one attached hydrogen (secondary N) is 6. The van der Waals surface area contributed by atoms with Crippen LogP contribution in [-0.4, -0.2) is 105 Å². The molecule has 20 heteroatoms. The highest BCUT2D eigenvalue weighted by molar-refractivity contribution is 6.31. The van der Waals surface area contributed by atoms with Gasteiger partial charge >= 0.3 is 0 Å². The summed E-state index contributed by atoms with van der Waals surface area (Å²) in [4.78, 5) is 72.2. The Bertz CT molecular complexity index is 3350. The van der Waals surface area contributed by atoms with Crippen LogP contribution in [0.2, 0.25) is 10.0 Å². The number of nitriles is 1. The number of aryl methyl sites for hydroxylation is 1. The highest BCUT2D eigenvalue weighted by Gasteiger charge is 2.61. The van der Waals surface area contributed by atoms with Crippen LogP contribution >= 0.6 is 23.2 Å². The molecule has 452 valence electrons. The Balaban J connectivity index is 0.893. The fourth-order valence-corrected chi connectivity index (χ4v) is 12.2. The van der Waals surface area contributed by atoms with Crippen molar-refractivity contribution >= 4 is 58.4 Å². The molecule has 5 aromatic rings. The fourth-order valence-electron chi connectivity index (χ4n) is 11.9. The quantitative estimate of drug-likeness (QED) is 0.0404. The molecule has 1 unspecified atom stereocenters. The Morgan fingerprint density at radius 3 is 2.33 bits per heavy atom.